The Morgan fingerprint density at radius 3 is 0.840 bits per heavy atom. The van der Waals surface area contributed by atoms with E-state index < -0.39 is 0 Å². The fraction of sp³-hybridized carbons (Fsp3) is 0.234. The van der Waals surface area contributed by atoms with Gasteiger partial charge in [0, 0.05) is 22.1 Å². The van der Waals surface area contributed by atoms with E-state index in [-0.39, 0.29) is 0 Å². The van der Waals surface area contributed by atoms with Gasteiger partial charge in [-0.2, -0.15) is 0 Å². The van der Waals surface area contributed by atoms with E-state index in [0.29, 0.717) is 26.4 Å². The fourth-order valence-electron chi connectivity index (χ4n) is 13.8. The molecule has 0 spiro atoms. The first-order chi connectivity index (χ1) is 48.9. The number of fused-ring (bicyclic) bond motifs is 2. The van der Waals surface area contributed by atoms with E-state index >= 15 is 0 Å². The minimum Gasteiger partial charge on any atom is -0.491 e. The lowest BCUT2D eigenvalue weighted by molar-refractivity contribution is 0.295. The van der Waals surface area contributed by atoms with Gasteiger partial charge in [-0.1, -0.05) is 245 Å². The van der Waals surface area contributed by atoms with Crippen LogP contribution in [-0.4, -0.2) is 26.4 Å². The first-order valence-corrected chi connectivity index (χ1v) is 36.3. The monoisotopic (exact) mass is 1310 g/mol. The molecule has 0 heterocycles. The molecule has 504 valence electrons. The summed E-state index contributed by atoms with van der Waals surface area (Å²) in [6, 6.07) is 85.5. The molecule has 0 radical (unpaired) electrons. The molecule has 13 rings (SSSR count). The van der Waals surface area contributed by atoms with Crippen LogP contribution in [0.3, 0.4) is 0 Å². The van der Waals surface area contributed by atoms with Gasteiger partial charge in [-0.05, 0) is 228 Å². The van der Waals surface area contributed by atoms with E-state index in [2.05, 4.69) is 322 Å². The van der Waals surface area contributed by atoms with Gasteiger partial charge in [0.15, 0.2) is 0 Å². The minimum absolute atomic E-state index is 0.584. The van der Waals surface area contributed by atoms with Gasteiger partial charge in [0.25, 0.3) is 0 Å². The highest BCUT2D eigenvalue weighted by molar-refractivity contribution is 6.35. The Kier molecular flexibility index (Phi) is 21.1. The first-order valence-electron chi connectivity index (χ1n) is 36.3. The van der Waals surface area contributed by atoms with Crippen LogP contribution in [0.2, 0.25) is 0 Å². The van der Waals surface area contributed by atoms with Crippen molar-refractivity contribution in [2.75, 3.05) is 36.2 Å². The average molecular weight is 1320 g/mol. The highest BCUT2D eigenvalue weighted by Crippen LogP contribution is 2.54. The number of nitrogens with zero attached hydrogens (tertiary/aromatic N) is 2. The van der Waals surface area contributed by atoms with Crippen molar-refractivity contribution in [3.8, 4) is 23.0 Å². The second-order valence-corrected chi connectivity index (χ2v) is 27.2. The maximum Gasteiger partial charge on any atom is 0.147 e. The molecule has 0 aliphatic heterocycles. The Balaban J connectivity index is 1.01. The third-order valence-electron chi connectivity index (χ3n) is 19.3. The summed E-state index contributed by atoms with van der Waals surface area (Å²) in [6.07, 6.45) is 12.4. The molecule has 0 saturated heterocycles. The average Bonchev–Trinajstić information content (AvgIpc) is 0.707. The molecule has 0 fully saturated rings. The summed E-state index contributed by atoms with van der Waals surface area (Å²) in [5.41, 5.74) is 22.1. The molecule has 0 aliphatic carbocycles. The summed E-state index contributed by atoms with van der Waals surface area (Å²) in [5, 5.41) is 9.34. The van der Waals surface area contributed by atoms with Gasteiger partial charge < -0.3 is 28.7 Å². The number of benzene rings is 13. The predicted octanol–water partition coefficient (Wildman–Crippen LogP) is 26.4. The number of unbranched alkanes of at least 4 members (excludes halogenated alkanes) is 4. The minimum atomic E-state index is 0.584. The van der Waals surface area contributed by atoms with E-state index in [1.165, 1.54) is 88.0 Å². The molecule has 6 nitrogen and oxygen atoms in total. The van der Waals surface area contributed by atoms with Gasteiger partial charge in [-0.3, -0.25) is 0 Å². The van der Waals surface area contributed by atoms with Gasteiger partial charge in [0.2, 0.25) is 0 Å². The van der Waals surface area contributed by atoms with E-state index in [1.807, 2.05) is 0 Å². The fourth-order valence-corrected chi connectivity index (χ4v) is 13.8. The standard InChI is InChI=1S/C94H94N2O4/c1-11-15-53-97-87-57-67(9)58-88(98-54-16-12-2)93(87)95(75-45-33-69(34-46-75)61-83(71-37-25-63(5)26-38-71)72-39-27-64(6)28-40-72)85-51-49-79-80-50-52-86(82-24-20-22-78(92(80)82)77-21-19-23-81(85)91(77)79)96(94-89(99-55-17-13-3)59-68(10)60-90(94)100-56-18-14-4)76-47-35-70(36-48-76)62-84(73-41-29-65(7)30-42-73)74-43-31-66(8)32-44-74/h19-52,57-62H,11-18,53-56H2,1-10H3. The largest absolute Gasteiger partial charge is 0.491 e. The SMILES string of the molecule is CCCCOc1cc(C)cc(OCCCC)c1N(c1ccc(C=C(c2ccc(C)cc2)c2ccc(C)cc2)cc1)c1ccc2c3ccc(N(c4ccc(C=C(c5ccc(C)cc5)c5ccc(C)cc5)cc4)c4c(OCCCC)cc(C)cc4OCCCC)c4cccc(c5cccc1c52)c43. The van der Waals surface area contributed by atoms with Crippen LogP contribution in [0.1, 0.15) is 146 Å². The van der Waals surface area contributed by atoms with Gasteiger partial charge in [0.05, 0.1) is 37.8 Å². The summed E-state index contributed by atoms with van der Waals surface area (Å²) in [7, 11) is 0. The molecule has 13 aromatic rings. The van der Waals surface area contributed by atoms with E-state index in [4.69, 9.17) is 18.9 Å². The van der Waals surface area contributed by atoms with Gasteiger partial charge in [-0.25, -0.2) is 0 Å². The van der Waals surface area contributed by atoms with Crippen LogP contribution in [0.25, 0.3) is 66.4 Å². The van der Waals surface area contributed by atoms with E-state index in [1.54, 1.807) is 0 Å². The molecule has 0 aromatic heterocycles. The van der Waals surface area contributed by atoms with Crippen LogP contribution >= 0.6 is 0 Å². The topological polar surface area (TPSA) is 43.4 Å². The van der Waals surface area contributed by atoms with Crippen LogP contribution in [0, 0.1) is 41.5 Å². The van der Waals surface area contributed by atoms with Crippen molar-refractivity contribution >= 4 is 101 Å². The molecular formula is C94H94N2O4. The molecule has 0 N–H and O–H groups in total. The molecule has 100 heavy (non-hydrogen) atoms. The van der Waals surface area contributed by atoms with E-state index in [0.717, 1.165) is 142 Å². The highest BCUT2D eigenvalue weighted by atomic mass is 16.5. The second-order valence-electron chi connectivity index (χ2n) is 27.2. The Bertz CT molecular complexity index is 4530. The second kappa shape index (κ2) is 31.1. The normalized spacial score (nSPS) is 11.4. The summed E-state index contributed by atoms with van der Waals surface area (Å²) in [4.78, 5) is 4.82. The molecule has 0 bridgehead atoms. The molecule has 0 unspecified atom stereocenters. The molecular weight excluding hydrogens is 1220 g/mol. The van der Waals surface area contributed by atoms with Crippen molar-refractivity contribution in [2.24, 2.45) is 0 Å². The zero-order valence-electron chi connectivity index (χ0n) is 60.1. The summed E-state index contributed by atoms with van der Waals surface area (Å²) < 4.78 is 27.9. The first kappa shape index (κ1) is 68.0. The van der Waals surface area contributed by atoms with Gasteiger partial charge in [0.1, 0.15) is 34.4 Å². The van der Waals surface area contributed by atoms with Crippen LogP contribution in [0.15, 0.2) is 231 Å². The third-order valence-corrected chi connectivity index (χ3v) is 19.3. The summed E-state index contributed by atoms with van der Waals surface area (Å²) in [5.74, 6) is 3.18. The molecule has 6 heteroatoms. The van der Waals surface area contributed by atoms with Crippen molar-refractivity contribution in [2.45, 2.75) is 121 Å². The Hall–Kier alpha value is -10.6. The Morgan fingerprint density at radius 2 is 0.560 bits per heavy atom. The van der Waals surface area contributed by atoms with Crippen molar-refractivity contribution in [3.63, 3.8) is 0 Å². The van der Waals surface area contributed by atoms with Crippen molar-refractivity contribution < 1.29 is 18.9 Å². The Labute approximate surface area is 593 Å². The van der Waals surface area contributed by atoms with Crippen LogP contribution in [0.4, 0.5) is 34.1 Å². The number of hydrogen-bond donors (Lipinski definition) is 0. The van der Waals surface area contributed by atoms with Crippen LogP contribution in [0.5, 0.6) is 23.0 Å². The molecule has 0 atom stereocenters. The van der Waals surface area contributed by atoms with Gasteiger partial charge >= 0.3 is 0 Å². The highest BCUT2D eigenvalue weighted by Gasteiger charge is 2.29. The maximum absolute atomic E-state index is 6.97. The lowest BCUT2D eigenvalue weighted by atomic mass is 9.88. The van der Waals surface area contributed by atoms with E-state index in [9.17, 15) is 0 Å². The third kappa shape index (κ3) is 14.6. The van der Waals surface area contributed by atoms with Gasteiger partial charge in [-0.15, -0.1) is 0 Å². The van der Waals surface area contributed by atoms with Crippen molar-refractivity contribution in [1.29, 1.82) is 0 Å². The smallest absolute Gasteiger partial charge is 0.147 e. The van der Waals surface area contributed by atoms with Crippen molar-refractivity contribution in [1.82, 2.24) is 0 Å². The number of rotatable bonds is 28. The number of hydrogen-bond acceptors (Lipinski definition) is 6. The molecule has 13 aromatic carbocycles. The lowest BCUT2D eigenvalue weighted by Gasteiger charge is -2.32. The number of aryl methyl sites for hydroxylation is 6. The quantitative estimate of drug-likeness (QED) is 0.0211. The zero-order chi connectivity index (χ0) is 69.2. The van der Waals surface area contributed by atoms with Crippen LogP contribution in [-0.2, 0) is 0 Å². The van der Waals surface area contributed by atoms with Crippen molar-refractivity contribution in [3.05, 3.63) is 297 Å². The lowest BCUT2D eigenvalue weighted by Crippen LogP contribution is -2.15. The predicted molar refractivity (Wildman–Crippen MR) is 427 cm³/mol. The Morgan fingerprint density at radius 1 is 0.290 bits per heavy atom. The molecule has 0 aliphatic rings. The summed E-state index contributed by atoms with van der Waals surface area (Å²) in [6.45, 7) is 24.1. The number of anilines is 6. The summed E-state index contributed by atoms with van der Waals surface area (Å²) >= 11 is 0. The molecule has 0 saturated carbocycles. The maximum atomic E-state index is 6.97. The van der Waals surface area contributed by atoms with Crippen LogP contribution < -0.4 is 28.7 Å². The molecule has 0 amide bonds. The zero-order valence-corrected chi connectivity index (χ0v) is 60.1. The number of ether oxygens (including phenoxy) is 4.